The Morgan fingerprint density at radius 3 is 2.78 bits per heavy atom. The minimum Gasteiger partial charge on any atom is -0.495 e. The molecule has 7 nitrogen and oxygen atoms in total. The molecule has 0 bridgehead atoms. The average Bonchev–Trinajstić information content (AvgIpc) is 2.83. The van der Waals surface area contributed by atoms with E-state index in [9.17, 15) is 4.79 Å². The standard InChI is InChI=1S/C16H17N5O2/c1-9-13-14(19-11-6-4-5-7-12(11)23-3)10(15(17)22)8-18-16(13)21(2)20-9/h4-8H,1-3H3,(H2,17,22)(H,18,19). The summed E-state index contributed by atoms with van der Waals surface area (Å²) >= 11 is 0. The molecular weight excluding hydrogens is 294 g/mol. The Morgan fingerprint density at radius 2 is 2.09 bits per heavy atom. The highest BCUT2D eigenvalue weighted by Crippen LogP contribution is 2.34. The zero-order valence-electron chi connectivity index (χ0n) is 13.1. The van der Waals surface area contributed by atoms with Gasteiger partial charge in [-0.05, 0) is 19.1 Å². The van der Waals surface area contributed by atoms with E-state index in [0.29, 0.717) is 22.6 Å². The summed E-state index contributed by atoms with van der Waals surface area (Å²) in [4.78, 5) is 16.1. The normalized spacial score (nSPS) is 10.7. The Hall–Kier alpha value is -3.09. The minimum absolute atomic E-state index is 0.305. The van der Waals surface area contributed by atoms with Crippen LogP contribution in [0.25, 0.3) is 11.0 Å². The molecule has 1 aromatic carbocycles. The predicted octanol–water partition coefficient (Wildman–Crippen LogP) is 2.13. The number of nitrogens with zero attached hydrogens (tertiary/aromatic N) is 3. The number of pyridine rings is 1. The molecule has 0 radical (unpaired) electrons. The molecule has 0 saturated heterocycles. The molecule has 0 aliphatic rings. The molecule has 2 aromatic heterocycles. The maximum atomic E-state index is 11.8. The summed E-state index contributed by atoms with van der Waals surface area (Å²) in [6.45, 7) is 1.86. The van der Waals surface area contributed by atoms with Gasteiger partial charge < -0.3 is 15.8 Å². The van der Waals surface area contributed by atoms with Crippen LogP contribution in [0.1, 0.15) is 16.1 Å². The minimum atomic E-state index is -0.556. The fourth-order valence-electron chi connectivity index (χ4n) is 2.61. The van der Waals surface area contributed by atoms with Gasteiger partial charge in [-0.2, -0.15) is 5.10 Å². The van der Waals surface area contributed by atoms with E-state index in [1.807, 2.05) is 31.2 Å². The zero-order valence-corrected chi connectivity index (χ0v) is 13.1. The number of nitrogens with one attached hydrogen (secondary N) is 1. The number of methoxy groups -OCH3 is 1. The summed E-state index contributed by atoms with van der Waals surface area (Å²) in [5, 5.41) is 8.38. The second kappa shape index (κ2) is 5.60. The molecule has 118 valence electrons. The van der Waals surface area contributed by atoms with Gasteiger partial charge in [0.1, 0.15) is 5.75 Å². The third-order valence-corrected chi connectivity index (χ3v) is 3.66. The maximum Gasteiger partial charge on any atom is 0.252 e. The van der Waals surface area contributed by atoms with E-state index in [4.69, 9.17) is 10.5 Å². The number of amides is 1. The van der Waals surface area contributed by atoms with Crippen LogP contribution in [0, 0.1) is 6.92 Å². The Kier molecular flexibility index (Phi) is 3.61. The van der Waals surface area contributed by atoms with Crippen molar-refractivity contribution in [3.63, 3.8) is 0 Å². The highest BCUT2D eigenvalue weighted by molar-refractivity contribution is 6.07. The van der Waals surface area contributed by atoms with Crippen molar-refractivity contribution < 1.29 is 9.53 Å². The van der Waals surface area contributed by atoms with E-state index in [1.54, 1.807) is 18.8 Å². The van der Waals surface area contributed by atoms with E-state index in [2.05, 4.69) is 15.4 Å². The van der Waals surface area contributed by atoms with E-state index in [0.717, 1.165) is 16.8 Å². The van der Waals surface area contributed by atoms with Gasteiger partial charge in [-0.15, -0.1) is 0 Å². The van der Waals surface area contributed by atoms with Crippen LogP contribution in [0.2, 0.25) is 0 Å². The van der Waals surface area contributed by atoms with Gasteiger partial charge in [0, 0.05) is 13.2 Å². The van der Waals surface area contributed by atoms with Gasteiger partial charge in [0.05, 0.1) is 35.1 Å². The number of benzene rings is 1. The van der Waals surface area contributed by atoms with Crippen molar-refractivity contribution in [1.82, 2.24) is 14.8 Å². The average molecular weight is 311 g/mol. The molecule has 3 aromatic rings. The van der Waals surface area contributed by atoms with Crippen molar-refractivity contribution in [3.8, 4) is 5.75 Å². The number of nitrogens with two attached hydrogens (primary N) is 1. The van der Waals surface area contributed by atoms with Gasteiger partial charge in [0.25, 0.3) is 5.91 Å². The smallest absolute Gasteiger partial charge is 0.252 e. The molecular formula is C16H17N5O2. The molecule has 0 atom stereocenters. The summed E-state index contributed by atoms with van der Waals surface area (Å²) < 4.78 is 7.02. The monoisotopic (exact) mass is 311 g/mol. The number of primary amides is 1. The predicted molar refractivity (Wildman–Crippen MR) is 88.0 cm³/mol. The van der Waals surface area contributed by atoms with E-state index in [-0.39, 0.29) is 0 Å². The number of ether oxygens (including phenoxy) is 1. The van der Waals surface area contributed by atoms with Gasteiger partial charge >= 0.3 is 0 Å². The topological polar surface area (TPSA) is 95.1 Å². The maximum absolute atomic E-state index is 11.8. The van der Waals surface area contributed by atoms with Crippen molar-refractivity contribution in [1.29, 1.82) is 0 Å². The molecule has 0 aliphatic heterocycles. The van der Waals surface area contributed by atoms with Crippen LogP contribution in [0.3, 0.4) is 0 Å². The summed E-state index contributed by atoms with van der Waals surface area (Å²) in [5.74, 6) is 0.106. The lowest BCUT2D eigenvalue weighted by molar-refractivity contribution is 0.100. The molecule has 0 fully saturated rings. The van der Waals surface area contributed by atoms with Crippen LogP contribution in [0.5, 0.6) is 5.75 Å². The lowest BCUT2D eigenvalue weighted by Gasteiger charge is -2.14. The number of hydrogen-bond donors (Lipinski definition) is 2. The number of carbonyl (C=O) groups is 1. The number of aryl methyl sites for hydroxylation is 2. The van der Waals surface area contributed by atoms with Gasteiger partial charge in [0.2, 0.25) is 0 Å². The van der Waals surface area contributed by atoms with Crippen LogP contribution in [-0.4, -0.2) is 27.8 Å². The Balaban J connectivity index is 2.25. The second-order valence-electron chi connectivity index (χ2n) is 5.14. The fraction of sp³-hybridized carbons (Fsp3) is 0.188. The lowest BCUT2D eigenvalue weighted by atomic mass is 10.1. The first-order valence-corrected chi connectivity index (χ1v) is 7.05. The third-order valence-electron chi connectivity index (χ3n) is 3.66. The van der Waals surface area contributed by atoms with Gasteiger partial charge in [-0.1, -0.05) is 12.1 Å². The molecule has 3 N–H and O–H groups in total. The van der Waals surface area contributed by atoms with Crippen molar-refractivity contribution in [3.05, 3.63) is 41.7 Å². The van der Waals surface area contributed by atoms with Crippen LogP contribution in [0.4, 0.5) is 11.4 Å². The molecule has 0 unspecified atom stereocenters. The molecule has 0 spiro atoms. The first-order valence-electron chi connectivity index (χ1n) is 7.05. The SMILES string of the molecule is COc1ccccc1Nc1c(C(N)=O)cnc2c1c(C)nn2C. The number of fused-ring (bicyclic) bond motifs is 1. The first-order chi connectivity index (χ1) is 11.0. The molecule has 0 saturated carbocycles. The van der Waals surface area contributed by atoms with Crippen LogP contribution in [0.15, 0.2) is 30.5 Å². The highest BCUT2D eigenvalue weighted by Gasteiger charge is 2.19. The molecule has 1 amide bonds. The van der Waals surface area contributed by atoms with Crippen LogP contribution < -0.4 is 15.8 Å². The van der Waals surface area contributed by atoms with Crippen molar-refractivity contribution >= 4 is 28.3 Å². The van der Waals surface area contributed by atoms with E-state index in [1.165, 1.54) is 6.20 Å². The van der Waals surface area contributed by atoms with Crippen molar-refractivity contribution in [2.24, 2.45) is 12.8 Å². The van der Waals surface area contributed by atoms with E-state index >= 15 is 0 Å². The molecule has 7 heteroatoms. The largest absolute Gasteiger partial charge is 0.495 e. The molecule has 2 heterocycles. The number of hydrogen-bond acceptors (Lipinski definition) is 5. The third kappa shape index (κ3) is 2.46. The number of aromatic nitrogens is 3. The number of rotatable bonds is 4. The van der Waals surface area contributed by atoms with E-state index < -0.39 is 5.91 Å². The molecule has 3 rings (SSSR count). The Labute approximate surface area is 133 Å². The first kappa shape index (κ1) is 14.8. The number of carbonyl (C=O) groups excluding carboxylic acids is 1. The quantitative estimate of drug-likeness (QED) is 0.769. The Bertz CT molecular complexity index is 901. The van der Waals surface area contributed by atoms with Crippen molar-refractivity contribution in [2.75, 3.05) is 12.4 Å². The van der Waals surface area contributed by atoms with Crippen molar-refractivity contribution in [2.45, 2.75) is 6.92 Å². The van der Waals surface area contributed by atoms with Gasteiger partial charge in [0.15, 0.2) is 5.65 Å². The summed E-state index contributed by atoms with van der Waals surface area (Å²) in [6.07, 6.45) is 1.46. The highest BCUT2D eigenvalue weighted by atomic mass is 16.5. The van der Waals surface area contributed by atoms with Gasteiger partial charge in [-0.25, -0.2) is 4.98 Å². The van der Waals surface area contributed by atoms with Crippen LogP contribution >= 0.6 is 0 Å². The summed E-state index contributed by atoms with van der Waals surface area (Å²) in [5.41, 5.74) is 8.56. The second-order valence-corrected chi connectivity index (χ2v) is 5.14. The van der Waals surface area contributed by atoms with Gasteiger partial charge in [-0.3, -0.25) is 9.48 Å². The number of para-hydroxylation sites is 2. The lowest BCUT2D eigenvalue weighted by Crippen LogP contribution is -2.14. The summed E-state index contributed by atoms with van der Waals surface area (Å²) in [6, 6.07) is 7.45. The Morgan fingerprint density at radius 1 is 1.35 bits per heavy atom. The van der Waals surface area contributed by atoms with Crippen LogP contribution in [-0.2, 0) is 7.05 Å². The summed E-state index contributed by atoms with van der Waals surface area (Å²) in [7, 11) is 3.39. The molecule has 0 aliphatic carbocycles. The molecule has 23 heavy (non-hydrogen) atoms. The number of anilines is 2. The zero-order chi connectivity index (χ0) is 16.6. The fourth-order valence-corrected chi connectivity index (χ4v) is 2.61.